The van der Waals surface area contributed by atoms with Gasteiger partial charge >= 0.3 is 0 Å². The number of nitrogens with one attached hydrogen (secondary N) is 2. The molecule has 0 fully saturated rings. The van der Waals surface area contributed by atoms with Crippen molar-refractivity contribution in [1.29, 1.82) is 0 Å². The molecule has 1 aromatic carbocycles. The lowest BCUT2D eigenvalue weighted by Gasteiger charge is -2.12. The molecule has 2 aromatic rings. The fourth-order valence-electron chi connectivity index (χ4n) is 3.02. The van der Waals surface area contributed by atoms with E-state index in [9.17, 15) is 19.7 Å². The summed E-state index contributed by atoms with van der Waals surface area (Å²) in [5, 5.41) is 21.2. The SMILES string of the molecule is CCCNC(=O)Cn1nc2c(c1NC(=O)c1cccc([N+](=O)[O-])c1C)CSC2. The highest BCUT2D eigenvalue weighted by molar-refractivity contribution is 7.98. The summed E-state index contributed by atoms with van der Waals surface area (Å²) in [6.07, 6.45) is 0.827. The van der Waals surface area contributed by atoms with Gasteiger partial charge < -0.3 is 10.6 Å². The molecule has 9 nitrogen and oxygen atoms in total. The van der Waals surface area contributed by atoms with Gasteiger partial charge in [0.2, 0.25) is 5.91 Å². The molecule has 2 amide bonds. The molecule has 0 unspecified atom stereocenters. The van der Waals surface area contributed by atoms with Gasteiger partial charge in [0, 0.05) is 40.8 Å². The van der Waals surface area contributed by atoms with Crippen molar-refractivity contribution < 1.29 is 14.5 Å². The van der Waals surface area contributed by atoms with Crippen LogP contribution in [0, 0.1) is 17.0 Å². The highest BCUT2D eigenvalue weighted by Gasteiger charge is 2.26. The highest BCUT2D eigenvalue weighted by Crippen LogP contribution is 2.35. The number of hydrogen-bond donors (Lipinski definition) is 2. The van der Waals surface area contributed by atoms with Crippen molar-refractivity contribution in [3.8, 4) is 0 Å². The number of hydrogen-bond acceptors (Lipinski definition) is 6. The van der Waals surface area contributed by atoms with Gasteiger partial charge in [-0.05, 0) is 19.4 Å². The quantitative estimate of drug-likeness (QED) is 0.542. The van der Waals surface area contributed by atoms with E-state index in [4.69, 9.17) is 0 Å². The van der Waals surface area contributed by atoms with Crippen LogP contribution in [0.3, 0.4) is 0 Å². The molecule has 0 aliphatic carbocycles. The van der Waals surface area contributed by atoms with Crippen LogP contribution >= 0.6 is 11.8 Å². The number of nitrogens with zero attached hydrogens (tertiary/aromatic N) is 3. The smallest absolute Gasteiger partial charge is 0.273 e. The summed E-state index contributed by atoms with van der Waals surface area (Å²) in [6, 6.07) is 4.39. The van der Waals surface area contributed by atoms with E-state index in [1.54, 1.807) is 24.8 Å². The Hall–Kier alpha value is -2.88. The summed E-state index contributed by atoms with van der Waals surface area (Å²) < 4.78 is 1.50. The Kier molecular flexibility index (Phi) is 5.98. The summed E-state index contributed by atoms with van der Waals surface area (Å²) in [7, 11) is 0. The number of anilines is 1. The minimum absolute atomic E-state index is 0.00119. The van der Waals surface area contributed by atoms with Gasteiger partial charge in [0.05, 0.1) is 10.6 Å². The summed E-state index contributed by atoms with van der Waals surface area (Å²) >= 11 is 1.68. The van der Waals surface area contributed by atoms with Crippen LogP contribution in [0.15, 0.2) is 18.2 Å². The van der Waals surface area contributed by atoms with Crippen LogP contribution in [0.1, 0.15) is 40.5 Å². The third-order valence-electron chi connectivity index (χ3n) is 4.46. The second-order valence-corrected chi connectivity index (χ2v) is 7.42. The van der Waals surface area contributed by atoms with E-state index in [0.29, 0.717) is 23.7 Å². The molecule has 0 atom stereocenters. The number of nitro groups is 1. The fourth-order valence-corrected chi connectivity index (χ4v) is 4.05. The van der Waals surface area contributed by atoms with E-state index in [1.807, 2.05) is 6.92 Å². The van der Waals surface area contributed by atoms with Gasteiger partial charge in [-0.1, -0.05) is 13.0 Å². The van der Waals surface area contributed by atoms with Crippen LogP contribution in [0.25, 0.3) is 0 Å². The van der Waals surface area contributed by atoms with E-state index < -0.39 is 10.8 Å². The lowest BCUT2D eigenvalue weighted by atomic mass is 10.1. The number of aromatic nitrogens is 2. The summed E-state index contributed by atoms with van der Waals surface area (Å²) in [5.74, 6) is 1.24. The van der Waals surface area contributed by atoms with Crippen LogP contribution in [0.5, 0.6) is 0 Å². The van der Waals surface area contributed by atoms with Crippen LogP contribution in [0.2, 0.25) is 0 Å². The number of carbonyl (C=O) groups excluding carboxylic acids is 2. The molecular weight excluding hydrogens is 382 g/mol. The molecule has 2 heterocycles. The Labute approximate surface area is 166 Å². The minimum Gasteiger partial charge on any atom is -0.355 e. The van der Waals surface area contributed by atoms with E-state index >= 15 is 0 Å². The van der Waals surface area contributed by atoms with Crippen molar-refractivity contribution in [3.05, 3.63) is 50.7 Å². The number of thioether (sulfide) groups is 1. The zero-order valence-corrected chi connectivity index (χ0v) is 16.5. The third-order valence-corrected chi connectivity index (χ3v) is 5.43. The summed E-state index contributed by atoms with van der Waals surface area (Å²) in [4.78, 5) is 35.6. The first kappa shape index (κ1) is 19.9. The average Bonchev–Trinajstić information content (AvgIpc) is 3.22. The third kappa shape index (κ3) is 4.01. The standard InChI is InChI=1S/C18H21N5O4S/c1-3-7-19-16(24)8-22-17(13-9-28-10-14(13)21-22)20-18(25)12-5-4-6-15(11(12)2)23(26)27/h4-6H,3,7-10H2,1-2H3,(H,19,24)(H,20,25). The molecule has 2 N–H and O–H groups in total. The number of nitro benzene ring substituents is 1. The molecule has 0 saturated carbocycles. The van der Waals surface area contributed by atoms with Crippen LogP contribution < -0.4 is 10.6 Å². The Balaban J connectivity index is 1.88. The zero-order chi connectivity index (χ0) is 20.3. The number of carbonyl (C=O) groups is 2. The van der Waals surface area contributed by atoms with Crippen LogP contribution in [0.4, 0.5) is 11.5 Å². The van der Waals surface area contributed by atoms with E-state index in [2.05, 4.69) is 15.7 Å². The molecule has 28 heavy (non-hydrogen) atoms. The van der Waals surface area contributed by atoms with E-state index in [0.717, 1.165) is 23.4 Å². The number of fused-ring (bicyclic) bond motifs is 1. The first-order valence-electron chi connectivity index (χ1n) is 8.90. The minimum atomic E-state index is -0.511. The highest BCUT2D eigenvalue weighted by atomic mass is 32.2. The summed E-state index contributed by atoms with van der Waals surface area (Å²) in [5.41, 5.74) is 2.14. The Bertz CT molecular complexity index is 940. The first-order chi connectivity index (χ1) is 13.4. The van der Waals surface area contributed by atoms with E-state index in [1.165, 1.54) is 16.8 Å². The van der Waals surface area contributed by atoms with Crippen molar-refractivity contribution in [2.24, 2.45) is 0 Å². The fraction of sp³-hybridized carbons (Fsp3) is 0.389. The van der Waals surface area contributed by atoms with Gasteiger partial charge in [0.15, 0.2) is 0 Å². The predicted molar refractivity (Wildman–Crippen MR) is 106 cm³/mol. The van der Waals surface area contributed by atoms with Gasteiger partial charge in [-0.15, -0.1) is 0 Å². The monoisotopic (exact) mass is 403 g/mol. The van der Waals surface area contributed by atoms with E-state index in [-0.39, 0.29) is 23.7 Å². The maximum atomic E-state index is 12.8. The Morgan fingerprint density at radius 3 is 2.86 bits per heavy atom. The largest absolute Gasteiger partial charge is 0.355 e. The van der Waals surface area contributed by atoms with Crippen molar-refractivity contribution in [2.75, 3.05) is 11.9 Å². The summed E-state index contributed by atoms with van der Waals surface area (Å²) in [6.45, 7) is 4.08. The van der Waals surface area contributed by atoms with Gasteiger partial charge in [0.1, 0.15) is 12.4 Å². The molecule has 3 rings (SSSR count). The first-order valence-corrected chi connectivity index (χ1v) is 10.1. The molecule has 1 aliphatic heterocycles. The molecular formula is C18H21N5O4S. The van der Waals surface area contributed by atoms with Gasteiger partial charge in [-0.25, -0.2) is 4.68 Å². The maximum Gasteiger partial charge on any atom is 0.273 e. The van der Waals surface area contributed by atoms with Crippen molar-refractivity contribution in [1.82, 2.24) is 15.1 Å². The predicted octanol–water partition coefficient (Wildman–Crippen LogP) is 2.63. The lowest BCUT2D eigenvalue weighted by Crippen LogP contribution is -2.29. The second kappa shape index (κ2) is 8.42. The van der Waals surface area contributed by atoms with Crippen molar-refractivity contribution >= 4 is 35.1 Å². The molecule has 0 saturated heterocycles. The number of rotatable bonds is 7. The Morgan fingerprint density at radius 2 is 2.14 bits per heavy atom. The molecule has 148 valence electrons. The molecule has 0 bridgehead atoms. The van der Waals surface area contributed by atoms with Gasteiger partial charge in [-0.2, -0.15) is 16.9 Å². The zero-order valence-electron chi connectivity index (χ0n) is 15.7. The average molecular weight is 403 g/mol. The topological polar surface area (TPSA) is 119 Å². The Morgan fingerprint density at radius 1 is 1.36 bits per heavy atom. The van der Waals surface area contributed by atoms with Crippen LogP contribution in [-0.4, -0.2) is 33.1 Å². The molecule has 0 radical (unpaired) electrons. The van der Waals surface area contributed by atoms with Crippen molar-refractivity contribution in [2.45, 2.75) is 38.3 Å². The molecule has 1 aromatic heterocycles. The number of benzene rings is 1. The van der Waals surface area contributed by atoms with Crippen LogP contribution in [-0.2, 0) is 22.8 Å². The lowest BCUT2D eigenvalue weighted by molar-refractivity contribution is -0.385. The van der Waals surface area contributed by atoms with Gasteiger partial charge in [-0.3, -0.25) is 19.7 Å². The molecule has 1 aliphatic rings. The second-order valence-electron chi connectivity index (χ2n) is 6.44. The maximum absolute atomic E-state index is 12.8. The number of amides is 2. The molecule has 10 heteroatoms. The van der Waals surface area contributed by atoms with Crippen molar-refractivity contribution in [3.63, 3.8) is 0 Å². The van der Waals surface area contributed by atoms with Gasteiger partial charge in [0.25, 0.3) is 11.6 Å². The normalized spacial score (nSPS) is 12.5. The molecule has 0 spiro atoms.